The van der Waals surface area contributed by atoms with Crippen LogP contribution in [-0.2, 0) is 21.2 Å². The Labute approximate surface area is 189 Å². The fourth-order valence-electron chi connectivity index (χ4n) is 3.41. The molecule has 0 aliphatic carbocycles. The second-order valence-corrected chi connectivity index (χ2v) is 10.6. The molecule has 0 radical (unpaired) electrons. The van der Waals surface area contributed by atoms with Gasteiger partial charge in [-0.2, -0.15) is 15.6 Å². The number of thiophene rings is 1. The fourth-order valence-corrected chi connectivity index (χ4v) is 6.61. The number of carbonyl (C=O) groups excluding carboxylic acids is 1. The van der Waals surface area contributed by atoms with E-state index in [0.29, 0.717) is 36.8 Å². The first-order chi connectivity index (χ1) is 15.0. The van der Waals surface area contributed by atoms with Crippen molar-refractivity contribution >= 4 is 44.3 Å². The molecule has 1 fully saturated rings. The molecule has 1 N–H and O–H groups in total. The Hall–Kier alpha value is -2.27. The predicted molar refractivity (Wildman–Crippen MR) is 123 cm³/mol. The number of hydrogen-bond acceptors (Lipinski definition) is 7. The highest BCUT2D eigenvalue weighted by Crippen LogP contribution is 2.32. The van der Waals surface area contributed by atoms with Crippen LogP contribution in [0.25, 0.3) is 10.6 Å². The first-order valence-corrected chi connectivity index (χ1v) is 13.3. The molecule has 2 aromatic heterocycles. The number of thiazole rings is 1. The van der Waals surface area contributed by atoms with E-state index in [2.05, 4.69) is 10.3 Å². The smallest absolute Gasteiger partial charge is 0.246 e. The van der Waals surface area contributed by atoms with Gasteiger partial charge < -0.3 is 10.1 Å². The van der Waals surface area contributed by atoms with Gasteiger partial charge in [-0.3, -0.25) is 4.79 Å². The molecule has 10 heteroatoms. The van der Waals surface area contributed by atoms with Crippen molar-refractivity contribution in [3.63, 3.8) is 0 Å². The van der Waals surface area contributed by atoms with Gasteiger partial charge >= 0.3 is 0 Å². The van der Waals surface area contributed by atoms with Gasteiger partial charge in [0.15, 0.2) is 0 Å². The average Bonchev–Trinajstić information content (AvgIpc) is 3.51. The fraction of sp³-hybridized carbons (Fsp3) is 0.333. The molecule has 31 heavy (non-hydrogen) atoms. The summed E-state index contributed by atoms with van der Waals surface area (Å²) in [6.07, 6.45) is 1.81. The summed E-state index contributed by atoms with van der Waals surface area (Å²) in [4.78, 5) is 17.2. The second kappa shape index (κ2) is 9.47. The Balaban J connectivity index is 1.51. The summed E-state index contributed by atoms with van der Waals surface area (Å²) in [5.74, 6) is 0.0446. The first kappa shape index (κ1) is 21.9. The molecule has 0 spiro atoms. The zero-order valence-corrected chi connectivity index (χ0v) is 19.5. The summed E-state index contributed by atoms with van der Waals surface area (Å²) < 4.78 is 33.2. The molecule has 164 valence electrons. The van der Waals surface area contributed by atoms with Gasteiger partial charge in [-0.25, -0.2) is 13.4 Å². The molecule has 0 bridgehead atoms. The Bertz CT molecular complexity index is 1150. The maximum Gasteiger partial charge on any atom is 0.246 e. The highest BCUT2D eigenvalue weighted by molar-refractivity contribution is 7.89. The van der Waals surface area contributed by atoms with Crippen molar-refractivity contribution in [1.29, 1.82) is 0 Å². The minimum absolute atomic E-state index is 0.0856. The normalized spacial score (nSPS) is 14.6. The molecule has 0 atom stereocenters. The molecule has 1 saturated heterocycles. The second-order valence-electron chi connectivity index (χ2n) is 7.09. The quantitative estimate of drug-likeness (QED) is 0.524. The van der Waals surface area contributed by atoms with Crippen molar-refractivity contribution in [3.05, 3.63) is 46.1 Å². The lowest BCUT2D eigenvalue weighted by atomic mass is 10.2. The maximum absolute atomic E-state index is 13.1. The number of carbonyl (C=O) groups is 1. The third kappa shape index (κ3) is 4.98. The van der Waals surface area contributed by atoms with Crippen LogP contribution in [0, 0.1) is 0 Å². The van der Waals surface area contributed by atoms with E-state index in [9.17, 15) is 13.2 Å². The van der Waals surface area contributed by atoms with Gasteiger partial charge in [-0.05, 0) is 49.4 Å². The van der Waals surface area contributed by atoms with Crippen LogP contribution in [0.1, 0.15) is 25.5 Å². The van der Waals surface area contributed by atoms with Gasteiger partial charge in [0.25, 0.3) is 0 Å². The van der Waals surface area contributed by atoms with E-state index in [1.807, 2.05) is 22.2 Å². The van der Waals surface area contributed by atoms with Crippen LogP contribution in [0.4, 0.5) is 5.69 Å². The van der Waals surface area contributed by atoms with Gasteiger partial charge in [0.05, 0.1) is 18.7 Å². The van der Waals surface area contributed by atoms with Crippen LogP contribution in [0.2, 0.25) is 0 Å². The summed E-state index contributed by atoms with van der Waals surface area (Å²) in [5, 5.41) is 9.55. The Kier molecular flexibility index (Phi) is 6.71. The van der Waals surface area contributed by atoms with E-state index in [0.717, 1.165) is 23.4 Å². The number of nitrogens with one attached hydrogen (secondary N) is 1. The summed E-state index contributed by atoms with van der Waals surface area (Å²) in [6, 6.07) is 6.73. The zero-order valence-electron chi connectivity index (χ0n) is 17.0. The van der Waals surface area contributed by atoms with Crippen molar-refractivity contribution in [3.8, 4) is 16.3 Å². The Morgan fingerprint density at radius 1 is 1.23 bits per heavy atom. The van der Waals surface area contributed by atoms with E-state index < -0.39 is 10.0 Å². The van der Waals surface area contributed by atoms with Crippen LogP contribution in [-0.4, -0.2) is 43.3 Å². The van der Waals surface area contributed by atoms with Gasteiger partial charge in [-0.15, -0.1) is 11.3 Å². The van der Waals surface area contributed by atoms with E-state index in [-0.39, 0.29) is 17.2 Å². The largest absolute Gasteiger partial charge is 0.492 e. The van der Waals surface area contributed by atoms with Crippen LogP contribution < -0.4 is 10.1 Å². The van der Waals surface area contributed by atoms with E-state index in [1.54, 1.807) is 30.4 Å². The molecular weight excluding hydrogens is 454 g/mol. The summed E-state index contributed by atoms with van der Waals surface area (Å²) >= 11 is 3.10. The predicted octanol–water partition coefficient (Wildman–Crippen LogP) is 4.24. The van der Waals surface area contributed by atoms with Gasteiger partial charge in [-0.1, -0.05) is 0 Å². The van der Waals surface area contributed by atoms with E-state index in [1.165, 1.54) is 21.7 Å². The number of rotatable bonds is 8. The zero-order chi connectivity index (χ0) is 21.8. The van der Waals surface area contributed by atoms with Crippen molar-refractivity contribution in [2.24, 2.45) is 0 Å². The van der Waals surface area contributed by atoms with Gasteiger partial charge in [0, 0.05) is 35.1 Å². The van der Waals surface area contributed by atoms with Crippen molar-refractivity contribution in [1.82, 2.24) is 9.29 Å². The number of benzene rings is 1. The molecule has 0 unspecified atom stereocenters. The lowest BCUT2D eigenvalue weighted by Crippen LogP contribution is -2.28. The molecule has 1 aromatic carbocycles. The average molecular weight is 478 g/mol. The van der Waals surface area contributed by atoms with E-state index in [4.69, 9.17) is 4.74 Å². The Morgan fingerprint density at radius 2 is 2.03 bits per heavy atom. The van der Waals surface area contributed by atoms with Crippen LogP contribution in [0.5, 0.6) is 5.75 Å². The third-order valence-corrected chi connectivity index (χ3v) is 8.41. The van der Waals surface area contributed by atoms with E-state index >= 15 is 0 Å². The molecule has 4 rings (SSSR count). The molecule has 1 aliphatic rings. The summed E-state index contributed by atoms with van der Waals surface area (Å²) in [6.45, 7) is 3.16. The van der Waals surface area contributed by atoms with Crippen LogP contribution in [0.3, 0.4) is 0 Å². The van der Waals surface area contributed by atoms with Crippen molar-refractivity contribution < 1.29 is 17.9 Å². The third-order valence-electron chi connectivity index (χ3n) is 4.87. The Morgan fingerprint density at radius 3 is 2.74 bits per heavy atom. The molecule has 7 nitrogen and oxygen atoms in total. The number of ether oxygens (including phenoxy) is 1. The molecule has 1 aliphatic heterocycles. The van der Waals surface area contributed by atoms with Gasteiger partial charge in [0.1, 0.15) is 15.7 Å². The number of sulfonamides is 1. The lowest BCUT2D eigenvalue weighted by Gasteiger charge is -2.19. The highest BCUT2D eigenvalue weighted by Gasteiger charge is 2.30. The number of anilines is 1. The highest BCUT2D eigenvalue weighted by atomic mass is 32.2. The molecule has 3 heterocycles. The lowest BCUT2D eigenvalue weighted by molar-refractivity contribution is -0.115. The molecular formula is C21H23N3O4S3. The standard InChI is InChI=1S/C21H23N3O4S3/c1-2-28-18-6-5-16(11-19(18)31(26,27)24-8-3-4-9-24)22-20(25)12-17-14-30-21(23-17)15-7-10-29-13-15/h5-7,10-11,13-14H,2-4,8-9,12H2,1H3,(H,22,25). The van der Waals surface area contributed by atoms with Crippen LogP contribution >= 0.6 is 22.7 Å². The SMILES string of the molecule is CCOc1ccc(NC(=O)Cc2csc(-c3ccsc3)n2)cc1S(=O)(=O)N1CCCC1. The number of aromatic nitrogens is 1. The monoisotopic (exact) mass is 477 g/mol. The molecule has 0 saturated carbocycles. The van der Waals surface area contributed by atoms with Crippen molar-refractivity contribution in [2.45, 2.75) is 31.1 Å². The molecule has 3 aromatic rings. The van der Waals surface area contributed by atoms with Crippen molar-refractivity contribution in [2.75, 3.05) is 25.0 Å². The summed E-state index contributed by atoms with van der Waals surface area (Å²) in [5.41, 5.74) is 2.14. The number of hydrogen-bond donors (Lipinski definition) is 1. The minimum Gasteiger partial charge on any atom is -0.492 e. The topological polar surface area (TPSA) is 88.6 Å². The first-order valence-electron chi connectivity index (χ1n) is 10.0. The minimum atomic E-state index is -3.68. The van der Waals surface area contributed by atoms with Crippen LogP contribution in [0.15, 0.2) is 45.3 Å². The summed E-state index contributed by atoms with van der Waals surface area (Å²) in [7, 11) is -3.68. The maximum atomic E-state index is 13.1. The number of amides is 1. The molecule has 1 amide bonds. The van der Waals surface area contributed by atoms with Gasteiger partial charge in [0.2, 0.25) is 15.9 Å². The number of nitrogens with zero attached hydrogens (tertiary/aromatic N) is 2.